The van der Waals surface area contributed by atoms with Crippen molar-refractivity contribution in [1.82, 2.24) is 0 Å². The van der Waals surface area contributed by atoms with Crippen molar-refractivity contribution in [1.29, 1.82) is 0 Å². The van der Waals surface area contributed by atoms with Crippen molar-refractivity contribution in [2.45, 2.75) is 100 Å². The standard InChI is InChI=1S/C33H52O20/c1-15(2)29(42)48-11-18(35)8-45-14-22-27(46-9-19(36)12-49-30(43)16(3)4)28(47-10-20(37)13-50-31(44)17(5)6)26(41)33(52-22)53-32-25(40)24(39)23(38)21(7-34)51-32/h18-28,32-41H,1,3,5,7-14H2,2,4,6H3/t18?,19?,20?,21-,22-,23-,24+,25-,26-,27-,28-,32-,33-/m1/s1. The van der Waals surface area contributed by atoms with Gasteiger partial charge in [-0.3, -0.25) is 0 Å². The fraction of sp³-hybridized carbons (Fsp3) is 0.727. The number of aliphatic hydroxyl groups is 8. The second-order valence-electron chi connectivity index (χ2n) is 12.6. The molecular weight excluding hydrogens is 716 g/mol. The highest BCUT2D eigenvalue weighted by Gasteiger charge is 2.51. The first kappa shape index (κ1) is 46.2. The molecule has 0 aromatic carbocycles. The number of aliphatic hydroxyl groups excluding tert-OH is 8. The van der Waals surface area contributed by atoms with Crippen LogP contribution in [0.1, 0.15) is 20.8 Å². The third-order valence-corrected chi connectivity index (χ3v) is 7.55. The Morgan fingerprint density at radius 2 is 1.00 bits per heavy atom. The van der Waals surface area contributed by atoms with Crippen LogP contribution in [0.15, 0.2) is 36.5 Å². The van der Waals surface area contributed by atoms with Crippen molar-refractivity contribution < 1.29 is 97.9 Å². The second kappa shape index (κ2) is 22.4. The number of hydrogen-bond acceptors (Lipinski definition) is 20. The average Bonchev–Trinajstić information content (AvgIpc) is 3.11. The molecule has 13 atom stereocenters. The van der Waals surface area contributed by atoms with Gasteiger partial charge in [0.25, 0.3) is 0 Å². The Bertz CT molecular complexity index is 1230. The molecule has 0 bridgehead atoms. The molecule has 0 aromatic rings. The molecule has 0 spiro atoms. The number of ether oxygens (including phenoxy) is 9. The smallest absolute Gasteiger partial charge is 0.333 e. The van der Waals surface area contributed by atoms with E-state index in [-0.39, 0.29) is 16.7 Å². The molecule has 2 aliphatic rings. The molecule has 2 saturated heterocycles. The summed E-state index contributed by atoms with van der Waals surface area (Å²) in [5, 5.41) is 83.3. The zero-order chi connectivity index (χ0) is 40.0. The minimum absolute atomic E-state index is 0.0639. The van der Waals surface area contributed by atoms with Gasteiger partial charge in [-0.05, 0) is 20.8 Å². The highest BCUT2D eigenvalue weighted by Crippen LogP contribution is 2.31. The van der Waals surface area contributed by atoms with E-state index in [2.05, 4.69) is 19.7 Å². The van der Waals surface area contributed by atoms with E-state index in [0.29, 0.717) is 0 Å². The predicted molar refractivity (Wildman–Crippen MR) is 175 cm³/mol. The number of carbonyl (C=O) groups excluding carboxylic acids is 3. The lowest BCUT2D eigenvalue weighted by Gasteiger charge is -2.47. The molecule has 0 aromatic heterocycles. The molecular formula is C33H52O20. The van der Waals surface area contributed by atoms with Gasteiger partial charge in [0.1, 0.15) is 87.0 Å². The van der Waals surface area contributed by atoms with Gasteiger partial charge in [0.15, 0.2) is 12.6 Å². The molecule has 53 heavy (non-hydrogen) atoms. The summed E-state index contributed by atoms with van der Waals surface area (Å²) in [6, 6.07) is 0. The van der Waals surface area contributed by atoms with Crippen LogP contribution in [0.2, 0.25) is 0 Å². The quantitative estimate of drug-likeness (QED) is 0.0297. The van der Waals surface area contributed by atoms with Crippen molar-refractivity contribution >= 4 is 17.9 Å². The van der Waals surface area contributed by atoms with Crippen molar-refractivity contribution in [2.24, 2.45) is 0 Å². The Morgan fingerprint density at radius 3 is 1.45 bits per heavy atom. The van der Waals surface area contributed by atoms with Gasteiger partial charge in [0, 0.05) is 16.7 Å². The molecule has 0 amide bonds. The second-order valence-corrected chi connectivity index (χ2v) is 12.6. The van der Waals surface area contributed by atoms with Gasteiger partial charge in [-0.25, -0.2) is 14.4 Å². The van der Waals surface area contributed by atoms with E-state index >= 15 is 0 Å². The van der Waals surface area contributed by atoms with Gasteiger partial charge >= 0.3 is 17.9 Å². The molecule has 2 rings (SSSR count). The third-order valence-electron chi connectivity index (χ3n) is 7.55. The first-order valence-electron chi connectivity index (χ1n) is 16.5. The summed E-state index contributed by atoms with van der Waals surface area (Å²) in [6.45, 7) is 10.1. The maximum Gasteiger partial charge on any atom is 0.333 e. The Morgan fingerprint density at radius 1 is 0.585 bits per heavy atom. The molecule has 0 aliphatic carbocycles. The van der Waals surface area contributed by atoms with Gasteiger partial charge in [0.2, 0.25) is 0 Å². The maximum absolute atomic E-state index is 11.8. The summed E-state index contributed by atoms with van der Waals surface area (Å²) in [7, 11) is 0. The minimum Gasteiger partial charge on any atom is -0.460 e. The van der Waals surface area contributed by atoms with E-state index in [4.69, 9.17) is 42.6 Å². The summed E-state index contributed by atoms with van der Waals surface area (Å²) in [6.07, 6.45) is -20.9. The number of carbonyl (C=O) groups is 3. The summed E-state index contributed by atoms with van der Waals surface area (Å²) in [5.41, 5.74) is 0.232. The van der Waals surface area contributed by atoms with Crippen LogP contribution in [0.25, 0.3) is 0 Å². The van der Waals surface area contributed by atoms with E-state index in [0.717, 1.165) is 0 Å². The van der Waals surface area contributed by atoms with Crippen LogP contribution in [-0.2, 0) is 57.0 Å². The summed E-state index contributed by atoms with van der Waals surface area (Å²) >= 11 is 0. The molecule has 2 aliphatic heterocycles. The van der Waals surface area contributed by atoms with Gasteiger partial charge < -0.3 is 83.5 Å². The van der Waals surface area contributed by atoms with E-state index < -0.39 is 150 Å². The van der Waals surface area contributed by atoms with Crippen LogP contribution in [0.3, 0.4) is 0 Å². The number of rotatable bonds is 22. The maximum atomic E-state index is 11.8. The number of esters is 3. The van der Waals surface area contributed by atoms with Crippen molar-refractivity contribution in [3.05, 3.63) is 36.5 Å². The lowest BCUT2D eigenvalue weighted by atomic mass is 9.97. The SMILES string of the molecule is C=C(C)C(=O)OCC(O)COC[C@H]1O[C@H](O[C@H]2O[C@H](CO)[C@@H](O)[C@H](O)[C@H]2O)[C@H](O)[C@@H](OCC(O)COC(=O)C(=C)C)[C@@H]1OCC(O)COC(=O)C(=C)C. The predicted octanol–water partition coefficient (Wildman–Crippen LogP) is -3.88. The molecule has 20 nitrogen and oxygen atoms in total. The molecule has 304 valence electrons. The van der Waals surface area contributed by atoms with Crippen LogP contribution in [0, 0.1) is 0 Å². The third kappa shape index (κ3) is 14.7. The Labute approximate surface area is 305 Å². The van der Waals surface area contributed by atoms with E-state index in [1.165, 1.54) is 20.8 Å². The molecule has 3 unspecified atom stereocenters. The molecule has 8 N–H and O–H groups in total. The van der Waals surface area contributed by atoms with Crippen LogP contribution < -0.4 is 0 Å². The van der Waals surface area contributed by atoms with Gasteiger partial charge in [-0.1, -0.05) is 19.7 Å². The van der Waals surface area contributed by atoms with Crippen molar-refractivity contribution in [3.8, 4) is 0 Å². The molecule has 20 heteroatoms. The molecule has 2 fully saturated rings. The molecule has 0 saturated carbocycles. The van der Waals surface area contributed by atoms with Crippen LogP contribution in [-0.4, -0.2) is 191 Å². The Balaban J connectivity index is 2.34. The molecule has 0 radical (unpaired) electrons. The van der Waals surface area contributed by atoms with Crippen LogP contribution >= 0.6 is 0 Å². The van der Waals surface area contributed by atoms with Gasteiger partial charge in [-0.15, -0.1) is 0 Å². The largest absolute Gasteiger partial charge is 0.460 e. The fourth-order valence-electron chi connectivity index (χ4n) is 4.64. The van der Waals surface area contributed by atoms with Crippen molar-refractivity contribution in [2.75, 3.05) is 52.9 Å². The zero-order valence-electron chi connectivity index (χ0n) is 29.8. The Kier molecular flexibility index (Phi) is 19.6. The monoisotopic (exact) mass is 768 g/mol. The first-order chi connectivity index (χ1) is 24.9. The average molecular weight is 769 g/mol. The van der Waals surface area contributed by atoms with Crippen LogP contribution in [0.5, 0.6) is 0 Å². The summed E-state index contributed by atoms with van der Waals surface area (Å²) in [5.74, 6) is -2.33. The topological polar surface area (TPSA) is 296 Å². The molecule has 2 heterocycles. The normalized spacial score (nSPS) is 30.4. The van der Waals surface area contributed by atoms with Crippen molar-refractivity contribution in [3.63, 3.8) is 0 Å². The first-order valence-corrected chi connectivity index (χ1v) is 16.5. The zero-order valence-corrected chi connectivity index (χ0v) is 29.8. The van der Waals surface area contributed by atoms with E-state index in [9.17, 15) is 55.2 Å². The summed E-state index contributed by atoms with van der Waals surface area (Å²) < 4.78 is 49.0. The Hall–Kier alpha value is -2.93. The lowest BCUT2D eigenvalue weighted by molar-refractivity contribution is -0.382. The minimum atomic E-state index is -1.91. The lowest BCUT2D eigenvalue weighted by Crippen LogP contribution is -2.65. The van der Waals surface area contributed by atoms with E-state index in [1.807, 2.05) is 0 Å². The fourth-order valence-corrected chi connectivity index (χ4v) is 4.64. The highest BCUT2D eigenvalue weighted by molar-refractivity contribution is 5.87. The van der Waals surface area contributed by atoms with Crippen LogP contribution in [0.4, 0.5) is 0 Å². The van der Waals surface area contributed by atoms with E-state index in [1.54, 1.807) is 0 Å². The van der Waals surface area contributed by atoms with Gasteiger partial charge in [-0.2, -0.15) is 0 Å². The number of hydrogen-bond donors (Lipinski definition) is 8. The highest BCUT2D eigenvalue weighted by atomic mass is 16.8. The van der Waals surface area contributed by atoms with Gasteiger partial charge in [0.05, 0.1) is 33.0 Å². The summed E-state index contributed by atoms with van der Waals surface area (Å²) in [4.78, 5) is 35.3.